The van der Waals surface area contributed by atoms with Gasteiger partial charge in [0, 0.05) is 25.4 Å². The van der Waals surface area contributed by atoms with Crippen molar-refractivity contribution in [3.63, 3.8) is 0 Å². The average Bonchev–Trinajstić information content (AvgIpc) is 2.22. The summed E-state index contributed by atoms with van der Waals surface area (Å²) < 4.78 is 28.3. The van der Waals surface area contributed by atoms with E-state index in [-0.39, 0.29) is 17.9 Å². The number of likely N-dealkylation sites (tertiary alicyclic amines) is 1. The van der Waals surface area contributed by atoms with Crippen LogP contribution in [0.2, 0.25) is 0 Å². The Hall–Kier alpha value is -1.07. The van der Waals surface area contributed by atoms with Gasteiger partial charge in [0.25, 0.3) is 0 Å². The molecule has 0 unspecified atom stereocenters. The van der Waals surface area contributed by atoms with E-state index in [2.05, 4.69) is 4.90 Å². The van der Waals surface area contributed by atoms with Crippen LogP contribution in [-0.4, -0.2) is 50.6 Å². The summed E-state index contributed by atoms with van der Waals surface area (Å²) in [5, 5.41) is 0. The van der Waals surface area contributed by atoms with E-state index in [9.17, 15) is 8.42 Å². The van der Waals surface area contributed by atoms with E-state index in [1.165, 1.54) is 11.8 Å². The summed E-state index contributed by atoms with van der Waals surface area (Å²) in [5.41, 5.74) is 1.21. The molecule has 0 bridgehead atoms. The van der Waals surface area contributed by atoms with Crippen molar-refractivity contribution < 1.29 is 13.2 Å². The first-order chi connectivity index (χ1) is 8.83. The molecule has 1 aliphatic rings. The molecule has 1 saturated heterocycles. The lowest BCUT2D eigenvalue weighted by atomic mass is 10.1. The summed E-state index contributed by atoms with van der Waals surface area (Å²) in [4.78, 5) is 2.14. The lowest BCUT2D eigenvalue weighted by Crippen LogP contribution is -2.58. The Morgan fingerprint density at radius 1 is 1.32 bits per heavy atom. The third-order valence-corrected chi connectivity index (χ3v) is 4.46. The first-order valence-corrected chi connectivity index (χ1v) is 8.54. The molecule has 5 heteroatoms. The predicted molar refractivity (Wildman–Crippen MR) is 76.3 cm³/mol. The molecule has 1 aromatic rings. The highest BCUT2D eigenvalue weighted by molar-refractivity contribution is 7.90. The van der Waals surface area contributed by atoms with Crippen molar-refractivity contribution in [2.75, 3.05) is 25.1 Å². The smallest absolute Gasteiger partial charge is 0.148 e. The van der Waals surface area contributed by atoms with Gasteiger partial charge in [-0.25, -0.2) is 8.42 Å². The fraction of sp³-hybridized carbons (Fsp3) is 0.571. The number of rotatable bonds is 5. The molecule has 1 aromatic carbocycles. The van der Waals surface area contributed by atoms with Gasteiger partial charge in [0.1, 0.15) is 21.7 Å². The van der Waals surface area contributed by atoms with Crippen molar-refractivity contribution in [2.45, 2.75) is 26.0 Å². The molecule has 1 fully saturated rings. The lowest BCUT2D eigenvalue weighted by molar-refractivity contribution is 0.000949. The summed E-state index contributed by atoms with van der Waals surface area (Å²) >= 11 is 0. The summed E-state index contributed by atoms with van der Waals surface area (Å²) in [6.45, 7) is 5.58. The number of nitrogens with zero attached hydrogens (tertiary/aromatic N) is 1. The monoisotopic (exact) mass is 283 g/mol. The molecule has 1 atom stereocenters. The van der Waals surface area contributed by atoms with Gasteiger partial charge < -0.3 is 4.74 Å². The molecule has 106 valence electrons. The first kappa shape index (κ1) is 14.3. The van der Waals surface area contributed by atoms with E-state index in [1.54, 1.807) is 0 Å². The molecular weight excluding hydrogens is 262 g/mol. The van der Waals surface area contributed by atoms with Crippen LogP contribution >= 0.6 is 0 Å². The molecule has 1 heterocycles. The van der Waals surface area contributed by atoms with Crippen molar-refractivity contribution in [2.24, 2.45) is 0 Å². The fourth-order valence-electron chi connectivity index (χ4n) is 2.26. The number of hydrogen-bond acceptors (Lipinski definition) is 4. The van der Waals surface area contributed by atoms with Gasteiger partial charge in [-0.2, -0.15) is 0 Å². The molecule has 4 nitrogen and oxygen atoms in total. The molecule has 0 aliphatic carbocycles. The van der Waals surface area contributed by atoms with Crippen LogP contribution in [0, 0.1) is 6.92 Å². The Kier molecular flexibility index (Phi) is 4.16. The Balaban J connectivity index is 1.78. The predicted octanol–water partition coefficient (Wildman–Crippen LogP) is 1.49. The zero-order chi connectivity index (χ0) is 14.0. The fourth-order valence-corrected chi connectivity index (χ4v) is 3.34. The summed E-state index contributed by atoms with van der Waals surface area (Å²) in [5.74, 6) is 1.09. The largest absolute Gasteiger partial charge is 0.488 e. The molecule has 0 N–H and O–H groups in total. The molecule has 0 aromatic heterocycles. The van der Waals surface area contributed by atoms with E-state index in [1.807, 2.05) is 38.1 Å². The second kappa shape index (κ2) is 5.51. The minimum absolute atomic E-state index is 0.0628. The van der Waals surface area contributed by atoms with Gasteiger partial charge in [-0.1, -0.05) is 17.7 Å². The zero-order valence-corrected chi connectivity index (χ0v) is 12.5. The second-order valence-corrected chi connectivity index (χ2v) is 7.63. The minimum Gasteiger partial charge on any atom is -0.488 e. The van der Waals surface area contributed by atoms with Gasteiger partial charge >= 0.3 is 0 Å². The second-order valence-electron chi connectivity index (χ2n) is 5.45. The Morgan fingerprint density at radius 3 is 2.42 bits per heavy atom. The standard InChI is InChI=1S/C14H21NO3S/c1-11-4-6-13(7-5-11)18-14-8-15(9-14)12(2)10-19(3,16)17/h4-7,12,14H,8-10H2,1-3H3/t12-/m1/s1. The van der Waals surface area contributed by atoms with E-state index in [4.69, 9.17) is 4.74 Å². The van der Waals surface area contributed by atoms with Crippen LogP contribution in [0.3, 0.4) is 0 Å². The maximum Gasteiger partial charge on any atom is 0.148 e. The maximum absolute atomic E-state index is 11.2. The van der Waals surface area contributed by atoms with Crippen molar-refractivity contribution in [3.8, 4) is 5.75 Å². The van der Waals surface area contributed by atoms with Crippen LogP contribution in [0.25, 0.3) is 0 Å². The highest BCUT2D eigenvalue weighted by atomic mass is 32.2. The van der Waals surface area contributed by atoms with Gasteiger partial charge in [-0.05, 0) is 26.0 Å². The molecule has 0 saturated carbocycles. The van der Waals surface area contributed by atoms with Crippen molar-refractivity contribution >= 4 is 9.84 Å². The number of ether oxygens (including phenoxy) is 1. The Bertz CT molecular complexity index is 518. The first-order valence-electron chi connectivity index (χ1n) is 6.48. The van der Waals surface area contributed by atoms with Crippen LogP contribution in [0.15, 0.2) is 24.3 Å². The van der Waals surface area contributed by atoms with Crippen molar-refractivity contribution in [3.05, 3.63) is 29.8 Å². The van der Waals surface area contributed by atoms with E-state index in [0.717, 1.165) is 18.8 Å². The molecule has 19 heavy (non-hydrogen) atoms. The molecule has 1 aliphatic heterocycles. The molecule has 2 rings (SSSR count). The number of aryl methyl sites for hydroxylation is 1. The van der Waals surface area contributed by atoms with Gasteiger partial charge in [-0.15, -0.1) is 0 Å². The van der Waals surface area contributed by atoms with Gasteiger partial charge in [0.2, 0.25) is 0 Å². The summed E-state index contributed by atoms with van der Waals surface area (Å²) in [6, 6.07) is 8.05. The van der Waals surface area contributed by atoms with Crippen LogP contribution in [0.5, 0.6) is 5.75 Å². The SMILES string of the molecule is Cc1ccc(OC2CN([C@H](C)CS(C)(=O)=O)C2)cc1. The average molecular weight is 283 g/mol. The third kappa shape index (κ3) is 4.21. The van der Waals surface area contributed by atoms with Crippen molar-refractivity contribution in [1.29, 1.82) is 0 Å². The molecule has 0 radical (unpaired) electrons. The summed E-state index contributed by atoms with van der Waals surface area (Å²) in [7, 11) is -2.91. The molecule has 0 spiro atoms. The van der Waals surface area contributed by atoms with Gasteiger partial charge in [0.15, 0.2) is 0 Å². The number of benzene rings is 1. The van der Waals surface area contributed by atoms with Crippen LogP contribution < -0.4 is 4.74 Å². The normalized spacial score (nSPS) is 18.9. The Labute approximate surface area is 115 Å². The van der Waals surface area contributed by atoms with E-state index < -0.39 is 9.84 Å². The third-order valence-electron chi connectivity index (χ3n) is 3.37. The topological polar surface area (TPSA) is 46.6 Å². The van der Waals surface area contributed by atoms with Crippen LogP contribution in [0.4, 0.5) is 0 Å². The Morgan fingerprint density at radius 2 is 1.89 bits per heavy atom. The highest BCUT2D eigenvalue weighted by Gasteiger charge is 2.32. The molecular formula is C14H21NO3S. The minimum atomic E-state index is -2.91. The molecule has 0 amide bonds. The summed E-state index contributed by atoms with van der Waals surface area (Å²) in [6.07, 6.45) is 1.45. The maximum atomic E-state index is 11.2. The van der Waals surface area contributed by atoms with Crippen LogP contribution in [0.1, 0.15) is 12.5 Å². The lowest BCUT2D eigenvalue weighted by Gasteiger charge is -2.42. The highest BCUT2D eigenvalue weighted by Crippen LogP contribution is 2.20. The zero-order valence-electron chi connectivity index (χ0n) is 11.7. The van der Waals surface area contributed by atoms with Crippen molar-refractivity contribution in [1.82, 2.24) is 4.90 Å². The number of hydrogen-bond donors (Lipinski definition) is 0. The van der Waals surface area contributed by atoms with Crippen LogP contribution in [-0.2, 0) is 9.84 Å². The van der Waals surface area contributed by atoms with E-state index in [0.29, 0.717) is 0 Å². The van der Waals surface area contributed by atoms with Gasteiger partial charge in [-0.3, -0.25) is 4.90 Å². The quantitative estimate of drug-likeness (QED) is 0.821. The number of sulfone groups is 1. The van der Waals surface area contributed by atoms with E-state index >= 15 is 0 Å². The van der Waals surface area contributed by atoms with Gasteiger partial charge in [0.05, 0.1) is 5.75 Å².